The van der Waals surface area contributed by atoms with E-state index in [9.17, 15) is 0 Å². The predicted molar refractivity (Wildman–Crippen MR) is 56.4 cm³/mol. The van der Waals surface area contributed by atoms with Gasteiger partial charge in [0.15, 0.2) is 0 Å². The molecule has 1 aromatic rings. The molecule has 0 aromatic heterocycles. The third-order valence-corrected chi connectivity index (χ3v) is 2.14. The summed E-state index contributed by atoms with van der Waals surface area (Å²) in [5.74, 6) is 0. The van der Waals surface area contributed by atoms with Crippen molar-refractivity contribution in [3.8, 4) is 0 Å². The van der Waals surface area contributed by atoms with Gasteiger partial charge in [0.2, 0.25) is 0 Å². The number of halogens is 1. The van der Waals surface area contributed by atoms with Crippen LogP contribution in [0.5, 0.6) is 0 Å². The Morgan fingerprint density at radius 1 is 1.42 bits per heavy atom. The second-order valence-corrected chi connectivity index (χ2v) is 3.58. The Balaban J connectivity index is 2.72. The third-order valence-electron chi connectivity index (χ3n) is 1.64. The Kier molecular flexibility index (Phi) is 3.56. The molecule has 12 heavy (non-hydrogen) atoms. The predicted octanol–water partition coefficient (Wildman–Crippen LogP) is 2.35. The molecule has 0 bridgehead atoms. The van der Waals surface area contributed by atoms with Gasteiger partial charge in [-0.25, -0.2) is 0 Å². The van der Waals surface area contributed by atoms with E-state index in [0.29, 0.717) is 0 Å². The first-order valence-electron chi connectivity index (χ1n) is 3.88. The van der Waals surface area contributed by atoms with E-state index in [0.717, 1.165) is 11.1 Å². The molecule has 0 aliphatic rings. The molecular formula is C9H13BrN2. The highest BCUT2D eigenvalue weighted by Crippen LogP contribution is 2.19. The Morgan fingerprint density at radius 2 is 2.17 bits per heavy atom. The van der Waals surface area contributed by atoms with Crippen molar-refractivity contribution in [1.82, 2.24) is 5.32 Å². The van der Waals surface area contributed by atoms with Crippen LogP contribution in [0.2, 0.25) is 0 Å². The average molecular weight is 229 g/mol. The lowest BCUT2D eigenvalue weighted by atomic mass is 10.2. The van der Waals surface area contributed by atoms with E-state index in [1.807, 2.05) is 13.1 Å². The molecule has 3 heteroatoms. The molecule has 66 valence electrons. The number of rotatable bonds is 3. The maximum atomic E-state index is 3.42. The van der Waals surface area contributed by atoms with Crippen LogP contribution in [0.1, 0.15) is 5.56 Å². The van der Waals surface area contributed by atoms with Crippen molar-refractivity contribution in [2.45, 2.75) is 6.92 Å². The van der Waals surface area contributed by atoms with Gasteiger partial charge in [-0.05, 0) is 37.7 Å². The third kappa shape index (κ3) is 2.50. The molecule has 0 spiro atoms. The van der Waals surface area contributed by atoms with Gasteiger partial charge in [0, 0.05) is 10.2 Å². The molecule has 0 atom stereocenters. The molecule has 0 aliphatic carbocycles. The molecule has 0 aliphatic heterocycles. The van der Waals surface area contributed by atoms with Gasteiger partial charge in [-0.2, -0.15) is 0 Å². The van der Waals surface area contributed by atoms with Gasteiger partial charge in [-0.1, -0.05) is 15.9 Å². The Morgan fingerprint density at radius 3 is 2.75 bits per heavy atom. The van der Waals surface area contributed by atoms with Crippen molar-refractivity contribution in [2.75, 3.05) is 19.0 Å². The summed E-state index contributed by atoms with van der Waals surface area (Å²) in [6.07, 6.45) is 0. The van der Waals surface area contributed by atoms with Gasteiger partial charge < -0.3 is 10.6 Å². The van der Waals surface area contributed by atoms with Crippen LogP contribution in [-0.2, 0) is 0 Å². The quantitative estimate of drug-likeness (QED) is 0.777. The number of hydrogen-bond donors (Lipinski definition) is 2. The van der Waals surface area contributed by atoms with E-state index >= 15 is 0 Å². The molecule has 0 radical (unpaired) electrons. The molecule has 1 rings (SSSR count). The Bertz CT molecular complexity index is 261. The molecule has 2 N–H and O–H groups in total. The van der Waals surface area contributed by atoms with Crippen LogP contribution in [0.15, 0.2) is 22.7 Å². The largest absolute Gasteiger partial charge is 0.372 e. The van der Waals surface area contributed by atoms with Crippen LogP contribution in [0.25, 0.3) is 0 Å². The average Bonchev–Trinajstić information content (AvgIpc) is 2.03. The molecule has 0 heterocycles. The number of hydrogen-bond acceptors (Lipinski definition) is 2. The Hall–Kier alpha value is -0.540. The lowest BCUT2D eigenvalue weighted by Gasteiger charge is -2.08. The van der Waals surface area contributed by atoms with Crippen LogP contribution in [0.3, 0.4) is 0 Å². The second-order valence-electron chi connectivity index (χ2n) is 2.67. The van der Waals surface area contributed by atoms with Gasteiger partial charge in [0.25, 0.3) is 0 Å². The highest BCUT2D eigenvalue weighted by Gasteiger charge is 1.96. The lowest BCUT2D eigenvalue weighted by Crippen LogP contribution is -2.17. The summed E-state index contributed by atoms with van der Waals surface area (Å²) in [5.41, 5.74) is 2.42. The summed E-state index contributed by atoms with van der Waals surface area (Å²) in [6, 6.07) is 6.19. The number of aryl methyl sites for hydroxylation is 1. The van der Waals surface area contributed by atoms with Gasteiger partial charge in [-0.15, -0.1) is 0 Å². The van der Waals surface area contributed by atoms with Crippen molar-refractivity contribution in [1.29, 1.82) is 0 Å². The van der Waals surface area contributed by atoms with Crippen LogP contribution in [0, 0.1) is 6.92 Å². The summed E-state index contributed by atoms with van der Waals surface area (Å²) in [6.45, 7) is 2.88. The van der Waals surface area contributed by atoms with Crippen LogP contribution in [-0.4, -0.2) is 13.7 Å². The summed E-state index contributed by atoms with van der Waals surface area (Å²) >= 11 is 3.42. The van der Waals surface area contributed by atoms with E-state index in [2.05, 4.69) is 45.6 Å². The van der Waals surface area contributed by atoms with E-state index in [-0.39, 0.29) is 0 Å². The van der Waals surface area contributed by atoms with E-state index in [1.165, 1.54) is 11.3 Å². The number of benzene rings is 1. The minimum absolute atomic E-state index is 0.794. The second kappa shape index (κ2) is 4.48. The van der Waals surface area contributed by atoms with Gasteiger partial charge in [0.05, 0.1) is 6.67 Å². The van der Waals surface area contributed by atoms with Crippen LogP contribution >= 0.6 is 15.9 Å². The smallest absolute Gasteiger partial charge is 0.0650 e. The minimum Gasteiger partial charge on any atom is -0.372 e. The molecule has 0 saturated heterocycles. The first-order valence-corrected chi connectivity index (χ1v) is 4.68. The zero-order valence-electron chi connectivity index (χ0n) is 7.32. The molecule has 1 aromatic carbocycles. The topological polar surface area (TPSA) is 24.1 Å². The van der Waals surface area contributed by atoms with Gasteiger partial charge in [0.1, 0.15) is 0 Å². The minimum atomic E-state index is 0.794. The fourth-order valence-electron chi connectivity index (χ4n) is 1.01. The monoisotopic (exact) mass is 228 g/mol. The summed E-state index contributed by atoms with van der Waals surface area (Å²) in [7, 11) is 1.92. The summed E-state index contributed by atoms with van der Waals surface area (Å²) < 4.78 is 1.12. The van der Waals surface area contributed by atoms with Crippen molar-refractivity contribution in [2.24, 2.45) is 0 Å². The molecule has 0 saturated carbocycles. The molecule has 0 fully saturated rings. The fraction of sp³-hybridized carbons (Fsp3) is 0.333. The maximum Gasteiger partial charge on any atom is 0.0650 e. The van der Waals surface area contributed by atoms with Gasteiger partial charge >= 0.3 is 0 Å². The molecule has 2 nitrogen and oxygen atoms in total. The first kappa shape index (κ1) is 9.55. The van der Waals surface area contributed by atoms with Crippen molar-refractivity contribution in [3.63, 3.8) is 0 Å². The first-order chi connectivity index (χ1) is 5.74. The van der Waals surface area contributed by atoms with E-state index < -0.39 is 0 Å². The standard InChI is InChI=1S/C9H13BrN2/c1-7-5-8(10)3-4-9(7)12-6-11-2/h3-5,11-12H,6H2,1-2H3. The zero-order chi connectivity index (χ0) is 8.97. The highest BCUT2D eigenvalue weighted by molar-refractivity contribution is 9.10. The van der Waals surface area contributed by atoms with Crippen molar-refractivity contribution in [3.05, 3.63) is 28.2 Å². The Labute approximate surface area is 81.5 Å². The molecular weight excluding hydrogens is 216 g/mol. The number of anilines is 1. The normalized spacial score (nSPS) is 9.92. The van der Waals surface area contributed by atoms with Crippen LogP contribution < -0.4 is 10.6 Å². The van der Waals surface area contributed by atoms with E-state index in [4.69, 9.17) is 0 Å². The molecule has 0 amide bonds. The lowest BCUT2D eigenvalue weighted by molar-refractivity contribution is 0.873. The van der Waals surface area contributed by atoms with Crippen molar-refractivity contribution < 1.29 is 0 Å². The van der Waals surface area contributed by atoms with E-state index in [1.54, 1.807) is 0 Å². The summed E-state index contributed by atoms with van der Waals surface area (Å²) in [5, 5.41) is 6.29. The van der Waals surface area contributed by atoms with Crippen molar-refractivity contribution >= 4 is 21.6 Å². The zero-order valence-corrected chi connectivity index (χ0v) is 8.90. The van der Waals surface area contributed by atoms with Gasteiger partial charge in [-0.3, -0.25) is 0 Å². The fourth-order valence-corrected chi connectivity index (χ4v) is 1.48. The van der Waals surface area contributed by atoms with Crippen LogP contribution in [0.4, 0.5) is 5.69 Å². The highest BCUT2D eigenvalue weighted by atomic mass is 79.9. The SMILES string of the molecule is CNCNc1ccc(Br)cc1C. The molecule has 0 unspecified atom stereocenters. The number of nitrogens with one attached hydrogen (secondary N) is 2. The summed E-state index contributed by atoms with van der Waals surface area (Å²) in [4.78, 5) is 0. The maximum absolute atomic E-state index is 3.42.